The lowest BCUT2D eigenvalue weighted by Crippen LogP contribution is -2.50. The number of anilines is 1. The van der Waals surface area contributed by atoms with Gasteiger partial charge in [-0.2, -0.15) is 0 Å². The Balaban J connectivity index is 1.18. The van der Waals surface area contributed by atoms with Crippen LogP contribution in [0.1, 0.15) is 41.6 Å². The summed E-state index contributed by atoms with van der Waals surface area (Å²) in [7, 11) is 0. The maximum atomic E-state index is 13.0. The number of aryl methyl sites for hydroxylation is 1. The van der Waals surface area contributed by atoms with E-state index in [2.05, 4.69) is 84.7 Å². The zero-order chi connectivity index (χ0) is 22.1. The van der Waals surface area contributed by atoms with Crippen LogP contribution in [-0.2, 0) is 6.42 Å². The van der Waals surface area contributed by atoms with Crippen LogP contribution in [0.15, 0.2) is 78.9 Å². The summed E-state index contributed by atoms with van der Waals surface area (Å²) in [6, 6.07) is 28.5. The summed E-state index contributed by atoms with van der Waals surface area (Å²) in [5, 5.41) is 3.11. The Morgan fingerprint density at radius 3 is 2.28 bits per heavy atom. The van der Waals surface area contributed by atoms with Crippen LogP contribution in [0.5, 0.6) is 0 Å². The van der Waals surface area contributed by atoms with Crippen molar-refractivity contribution in [2.75, 3.05) is 18.4 Å². The fourth-order valence-corrected chi connectivity index (χ4v) is 5.39. The molecule has 0 radical (unpaired) electrons. The van der Waals surface area contributed by atoms with E-state index in [1.807, 2.05) is 23.1 Å². The second kappa shape index (κ2) is 8.79. The summed E-state index contributed by atoms with van der Waals surface area (Å²) in [5.74, 6) is 0. The molecule has 164 valence electrons. The SMILES string of the molecule is Cc1ccccc1C(C)N1CC2CC1CN2C(=O)Nc1ccc(Cc2ccccc2)cc1. The van der Waals surface area contributed by atoms with Crippen LogP contribution in [0.25, 0.3) is 0 Å². The fraction of sp³-hybridized carbons (Fsp3) is 0.321. The maximum absolute atomic E-state index is 13.0. The summed E-state index contributed by atoms with van der Waals surface area (Å²) in [4.78, 5) is 17.6. The minimum absolute atomic E-state index is 0.0245. The minimum Gasteiger partial charge on any atom is -0.319 e. The zero-order valence-corrected chi connectivity index (χ0v) is 18.9. The molecule has 2 aliphatic rings. The Hall–Kier alpha value is -3.11. The number of hydrogen-bond acceptors (Lipinski definition) is 2. The van der Waals surface area contributed by atoms with E-state index < -0.39 is 0 Å². The molecule has 0 aromatic heterocycles. The van der Waals surface area contributed by atoms with Gasteiger partial charge < -0.3 is 10.2 Å². The molecular formula is C28H31N3O. The largest absolute Gasteiger partial charge is 0.322 e. The molecule has 2 fully saturated rings. The van der Waals surface area contributed by atoms with E-state index >= 15 is 0 Å². The van der Waals surface area contributed by atoms with Crippen molar-refractivity contribution >= 4 is 11.7 Å². The molecule has 1 N–H and O–H groups in total. The lowest BCUT2D eigenvalue weighted by atomic mass is 10.0. The molecule has 2 bridgehead atoms. The first-order chi connectivity index (χ1) is 15.6. The average molecular weight is 426 g/mol. The number of nitrogens with zero attached hydrogens (tertiary/aromatic N) is 2. The Morgan fingerprint density at radius 1 is 0.906 bits per heavy atom. The van der Waals surface area contributed by atoms with Crippen LogP contribution in [-0.4, -0.2) is 41.0 Å². The molecule has 2 heterocycles. The second-order valence-corrected chi connectivity index (χ2v) is 9.21. The topological polar surface area (TPSA) is 35.6 Å². The predicted molar refractivity (Wildman–Crippen MR) is 130 cm³/mol. The number of carbonyl (C=O) groups is 1. The molecular weight excluding hydrogens is 394 g/mol. The van der Waals surface area contributed by atoms with Gasteiger partial charge in [0.2, 0.25) is 0 Å². The number of benzene rings is 3. The Morgan fingerprint density at radius 2 is 1.59 bits per heavy atom. The van der Waals surface area contributed by atoms with Crippen LogP contribution in [0.4, 0.5) is 10.5 Å². The molecule has 0 aliphatic carbocycles. The van der Waals surface area contributed by atoms with Gasteiger partial charge in [0, 0.05) is 36.9 Å². The van der Waals surface area contributed by atoms with Crippen molar-refractivity contribution in [3.8, 4) is 0 Å². The number of urea groups is 1. The molecule has 3 atom stereocenters. The number of piperazine rings is 1. The van der Waals surface area contributed by atoms with Gasteiger partial charge in [-0.05, 0) is 61.1 Å². The summed E-state index contributed by atoms with van der Waals surface area (Å²) in [6.45, 7) is 6.23. The number of rotatable bonds is 5. The van der Waals surface area contributed by atoms with E-state index in [4.69, 9.17) is 0 Å². The van der Waals surface area contributed by atoms with Crippen molar-refractivity contribution < 1.29 is 4.79 Å². The predicted octanol–water partition coefficient (Wildman–Crippen LogP) is 5.64. The van der Waals surface area contributed by atoms with Crippen LogP contribution in [0.3, 0.4) is 0 Å². The third kappa shape index (κ3) is 4.15. The molecule has 2 aliphatic heterocycles. The highest BCUT2D eigenvalue weighted by Crippen LogP contribution is 2.37. The van der Waals surface area contributed by atoms with Gasteiger partial charge in [-0.3, -0.25) is 4.90 Å². The maximum Gasteiger partial charge on any atom is 0.322 e. The van der Waals surface area contributed by atoms with E-state index in [0.29, 0.717) is 18.1 Å². The van der Waals surface area contributed by atoms with E-state index in [9.17, 15) is 4.79 Å². The first-order valence-corrected chi connectivity index (χ1v) is 11.6. The third-order valence-corrected chi connectivity index (χ3v) is 7.14. The normalized spacial score (nSPS) is 21.0. The van der Waals surface area contributed by atoms with E-state index in [1.54, 1.807) is 0 Å². The summed E-state index contributed by atoms with van der Waals surface area (Å²) in [6.07, 6.45) is 1.97. The van der Waals surface area contributed by atoms with Crippen molar-refractivity contribution in [2.24, 2.45) is 0 Å². The highest BCUT2D eigenvalue weighted by Gasteiger charge is 2.46. The number of amides is 2. The highest BCUT2D eigenvalue weighted by molar-refractivity contribution is 5.90. The van der Waals surface area contributed by atoms with Crippen LogP contribution < -0.4 is 5.32 Å². The first-order valence-electron chi connectivity index (χ1n) is 11.6. The van der Waals surface area contributed by atoms with Gasteiger partial charge in [0.1, 0.15) is 0 Å². The number of likely N-dealkylation sites (tertiary alicyclic amines) is 2. The molecule has 5 rings (SSSR count). The molecule has 32 heavy (non-hydrogen) atoms. The lowest BCUT2D eigenvalue weighted by molar-refractivity contribution is 0.115. The Labute approximate surface area is 190 Å². The number of nitrogens with one attached hydrogen (secondary N) is 1. The quantitative estimate of drug-likeness (QED) is 0.574. The van der Waals surface area contributed by atoms with Crippen molar-refractivity contribution in [1.29, 1.82) is 0 Å². The highest BCUT2D eigenvalue weighted by atomic mass is 16.2. The van der Waals surface area contributed by atoms with Gasteiger partial charge in [-0.1, -0.05) is 66.7 Å². The van der Waals surface area contributed by atoms with Crippen molar-refractivity contribution in [3.63, 3.8) is 0 Å². The summed E-state index contributed by atoms with van der Waals surface area (Å²) in [5.41, 5.74) is 6.14. The number of fused-ring (bicyclic) bond motifs is 2. The van der Waals surface area contributed by atoms with Gasteiger partial charge in [-0.25, -0.2) is 4.79 Å². The fourth-order valence-electron chi connectivity index (χ4n) is 5.39. The number of carbonyl (C=O) groups excluding carboxylic acids is 1. The Kier molecular flexibility index (Phi) is 5.71. The monoisotopic (exact) mass is 425 g/mol. The van der Waals surface area contributed by atoms with Gasteiger partial charge in [0.15, 0.2) is 0 Å². The van der Waals surface area contributed by atoms with Gasteiger partial charge in [-0.15, -0.1) is 0 Å². The van der Waals surface area contributed by atoms with Crippen molar-refractivity contribution in [3.05, 3.63) is 101 Å². The van der Waals surface area contributed by atoms with Gasteiger partial charge in [0.05, 0.1) is 0 Å². The van der Waals surface area contributed by atoms with E-state index in [1.165, 1.54) is 22.3 Å². The first kappa shape index (κ1) is 20.8. The summed E-state index contributed by atoms with van der Waals surface area (Å²) >= 11 is 0. The zero-order valence-electron chi connectivity index (χ0n) is 18.9. The molecule has 2 saturated heterocycles. The standard InChI is InChI=1S/C28H31N3O/c1-20-8-6-7-11-27(20)21(2)30-18-26-17-25(30)19-31(26)28(32)29-24-14-12-23(13-15-24)16-22-9-4-3-5-10-22/h3-15,21,25-26H,16-19H2,1-2H3,(H,29,32). The molecule has 3 aromatic carbocycles. The number of hydrogen-bond donors (Lipinski definition) is 1. The third-order valence-electron chi connectivity index (χ3n) is 7.14. The van der Waals surface area contributed by atoms with Gasteiger partial charge in [0.25, 0.3) is 0 Å². The minimum atomic E-state index is 0.0245. The molecule has 2 amide bonds. The van der Waals surface area contributed by atoms with Crippen LogP contribution in [0, 0.1) is 6.92 Å². The smallest absolute Gasteiger partial charge is 0.319 e. The Bertz CT molecular complexity index is 1080. The molecule has 4 nitrogen and oxygen atoms in total. The van der Waals surface area contributed by atoms with E-state index in [0.717, 1.165) is 31.6 Å². The lowest BCUT2D eigenvalue weighted by Gasteiger charge is -2.38. The summed E-state index contributed by atoms with van der Waals surface area (Å²) < 4.78 is 0. The molecule has 3 aromatic rings. The molecule has 4 heteroatoms. The van der Waals surface area contributed by atoms with Crippen molar-refractivity contribution in [1.82, 2.24) is 9.80 Å². The van der Waals surface area contributed by atoms with Crippen LogP contribution in [0.2, 0.25) is 0 Å². The van der Waals surface area contributed by atoms with Gasteiger partial charge >= 0.3 is 6.03 Å². The van der Waals surface area contributed by atoms with Crippen molar-refractivity contribution in [2.45, 2.75) is 44.8 Å². The van der Waals surface area contributed by atoms with Crippen LogP contribution >= 0.6 is 0 Å². The average Bonchev–Trinajstić information content (AvgIpc) is 3.42. The van der Waals surface area contributed by atoms with E-state index in [-0.39, 0.29) is 6.03 Å². The molecule has 0 saturated carbocycles. The molecule has 3 unspecified atom stereocenters. The molecule has 0 spiro atoms. The second-order valence-electron chi connectivity index (χ2n) is 9.21.